The lowest BCUT2D eigenvalue weighted by Gasteiger charge is -2.35. The molecule has 0 aromatic carbocycles. The Morgan fingerprint density at radius 1 is 1.31 bits per heavy atom. The largest absolute Gasteiger partial charge is 0.350 e. The second-order valence-electron chi connectivity index (χ2n) is 6.54. The van der Waals surface area contributed by atoms with Gasteiger partial charge in [0.15, 0.2) is 0 Å². The molecule has 0 spiro atoms. The van der Waals surface area contributed by atoms with E-state index in [4.69, 9.17) is 0 Å². The van der Waals surface area contributed by atoms with E-state index in [0.29, 0.717) is 19.1 Å². The van der Waals surface area contributed by atoms with Crippen molar-refractivity contribution in [3.8, 4) is 0 Å². The van der Waals surface area contributed by atoms with Gasteiger partial charge in [-0.1, -0.05) is 6.42 Å². The van der Waals surface area contributed by atoms with E-state index in [1.165, 1.54) is 22.4 Å². The van der Waals surface area contributed by atoms with Gasteiger partial charge in [0, 0.05) is 25.2 Å². The van der Waals surface area contributed by atoms with Crippen LogP contribution in [0.4, 0.5) is 0 Å². The highest BCUT2D eigenvalue weighted by molar-refractivity contribution is 9.11. The molecular formula is C18H23BrN4O2S. The number of aromatic nitrogens is 2. The molecule has 0 aliphatic carbocycles. The zero-order valence-corrected chi connectivity index (χ0v) is 17.2. The van der Waals surface area contributed by atoms with Crippen LogP contribution in [0.15, 0.2) is 32.8 Å². The molecule has 1 aliphatic rings. The van der Waals surface area contributed by atoms with E-state index in [1.807, 2.05) is 19.1 Å². The van der Waals surface area contributed by atoms with E-state index in [1.54, 1.807) is 12.1 Å². The van der Waals surface area contributed by atoms with E-state index in [-0.39, 0.29) is 11.5 Å². The smallest absolute Gasteiger partial charge is 0.266 e. The molecule has 3 heterocycles. The topological polar surface area (TPSA) is 67.2 Å². The molecule has 0 saturated carbocycles. The van der Waals surface area contributed by atoms with Crippen LogP contribution < -0.4 is 10.9 Å². The molecule has 1 aliphatic heterocycles. The Morgan fingerprint density at radius 2 is 2.15 bits per heavy atom. The zero-order chi connectivity index (χ0) is 18.5. The van der Waals surface area contributed by atoms with Crippen LogP contribution in [-0.4, -0.2) is 46.3 Å². The molecule has 3 rings (SSSR count). The maximum Gasteiger partial charge on any atom is 0.266 e. The monoisotopic (exact) mass is 438 g/mol. The summed E-state index contributed by atoms with van der Waals surface area (Å²) < 4.78 is 2.49. The molecule has 1 unspecified atom stereocenters. The molecule has 26 heavy (non-hydrogen) atoms. The van der Waals surface area contributed by atoms with Crippen LogP contribution in [0.3, 0.4) is 0 Å². The van der Waals surface area contributed by atoms with Crippen LogP contribution in [0.1, 0.15) is 34.6 Å². The number of carbonyl (C=O) groups is 1. The van der Waals surface area contributed by atoms with Gasteiger partial charge in [-0.2, -0.15) is 5.10 Å². The van der Waals surface area contributed by atoms with Crippen LogP contribution in [0.2, 0.25) is 0 Å². The van der Waals surface area contributed by atoms with Gasteiger partial charge in [-0.15, -0.1) is 11.3 Å². The number of amides is 1. The first-order valence-electron chi connectivity index (χ1n) is 8.85. The standard InChI is InChI=1S/C18H23BrN4O2S/c1-13-5-8-17(24)23(21-13)11-10-22-9-3-2-4-14(22)12-20-18(25)15-6-7-16(19)26-15/h5-8,14H,2-4,9-12H2,1H3,(H,20,25). The Labute approximate surface area is 165 Å². The zero-order valence-electron chi connectivity index (χ0n) is 14.8. The number of aryl methyl sites for hydroxylation is 1. The van der Waals surface area contributed by atoms with Crippen LogP contribution >= 0.6 is 27.3 Å². The lowest BCUT2D eigenvalue weighted by atomic mass is 10.0. The molecule has 6 nitrogen and oxygen atoms in total. The van der Waals surface area contributed by atoms with Gasteiger partial charge in [0.25, 0.3) is 11.5 Å². The summed E-state index contributed by atoms with van der Waals surface area (Å²) in [5, 5.41) is 7.36. The average molecular weight is 439 g/mol. The predicted molar refractivity (Wildman–Crippen MR) is 107 cm³/mol. The molecule has 2 aromatic rings. The lowest BCUT2D eigenvalue weighted by molar-refractivity contribution is 0.0913. The van der Waals surface area contributed by atoms with Crippen molar-refractivity contribution in [1.82, 2.24) is 20.0 Å². The lowest BCUT2D eigenvalue weighted by Crippen LogP contribution is -2.48. The Bertz CT molecular complexity index is 820. The number of rotatable bonds is 6. The average Bonchev–Trinajstić information content (AvgIpc) is 3.07. The molecule has 8 heteroatoms. The fourth-order valence-corrected chi connectivity index (χ4v) is 4.56. The minimum Gasteiger partial charge on any atom is -0.350 e. The summed E-state index contributed by atoms with van der Waals surface area (Å²) in [5.41, 5.74) is 0.773. The van der Waals surface area contributed by atoms with Crippen LogP contribution in [0.25, 0.3) is 0 Å². The van der Waals surface area contributed by atoms with Gasteiger partial charge < -0.3 is 5.32 Å². The maximum absolute atomic E-state index is 12.3. The predicted octanol–water partition coefficient (Wildman–Crippen LogP) is 2.66. The first-order chi connectivity index (χ1) is 12.5. The van der Waals surface area contributed by atoms with Crippen molar-refractivity contribution < 1.29 is 4.79 Å². The van der Waals surface area contributed by atoms with Crippen molar-refractivity contribution in [1.29, 1.82) is 0 Å². The summed E-state index contributed by atoms with van der Waals surface area (Å²) in [6.07, 6.45) is 3.38. The summed E-state index contributed by atoms with van der Waals surface area (Å²) in [4.78, 5) is 27.3. The highest BCUT2D eigenvalue weighted by Gasteiger charge is 2.23. The van der Waals surface area contributed by atoms with Crippen molar-refractivity contribution in [2.45, 2.75) is 38.8 Å². The van der Waals surface area contributed by atoms with Crippen molar-refractivity contribution in [3.63, 3.8) is 0 Å². The van der Waals surface area contributed by atoms with E-state index >= 15 is 0 Å². The Hall–Kier alpha value is -1.51. The van der Waals surface area contributed by atoms with Crippen LogP contribution in [0.5, 0.6) is 0 Å². The molecule has 0 radical (unpaired) electrons. The molecule has 1 fully saturated rings. The van der Waals surface area contributed by atoms with Gasteiger partial charge in [-0.3, -0.25) is 14.5 Å². The van der Waals surface area contributed by atoms with Gasteiger partial charge in [0.1, 0.15) is 0 Å². The molecule has 1 atom stereocenters. The molecule has 1 amide bonds. The number of piperidine rings is 1. The SMILES string of the molecule is Cc1ccc(=O)n(CCN2CCCCC2CNC(=O)c2ccc(Br)s2)n1. The van der Waals surface area contributed by atoms with Gasteiger partial charge in [-0.25, -0.2) is 4.68 Å². The molecule has 1 N–H and O–H groups in total. The molecular weight excluding hydrogens is 416 g/mol. The van der Waals surface area contributed by atoms with E-state index < -0.39 is 0 Å². The van der Waals surface area contributed by atoms with Crippen molar-refractivity contribution in [3.05, 3.63) is 49.0 Å². The van der Waals surface area contributed by atoms with E-state index in [9.17, 15) is 9.59 Å². The summed E-state index contributed by atoms with van der Waals surface area (Å²) in [6, 6.07) is 7.32. The molecule has 140 valence electrons. The number of nitrogens with zero attached hydrogens (tertiary/aromatic N) is 3. The van der Waals surface area contributed by atoms with Crippen LogP contribution in [-0.2, 0) is 6.54 Å². The molecule has 0 bridgehead atoms. The highest BCUT2D eigenvalue weighted by Crippen LogP contribution is 2.22. The van der Waals surface area contributed by atoms with Crippen LogP contribution in [0, 0.1) is 6.92 Å². The first-order valence-corrected chi connectivity index (χ1v) is 10.5. The van der Waals surface area contributed by atoms with Crippen molar-refractivity contribution in [2.24, 2.45) is 0 Å². The summed E-state index contributed by atoms with van der Waals surface area (Å²) in [7, 11) is 0. The Balaban J connectivity index is 1.56. The molecule has 1 saturated heterocycles. The van der Waals surface area contributed by atoms with Crippen molar-refractivity contribution >= 4 is 33.2 Å². The number of hydrogen-bond acceptors (Lipinski definition) is 5. The number of halogens is 1. The summed E-state index contributed by atoms with van der Waals surface area (Å²) >= 11 is 4.83. The Morgan fingerprint density at radius 3 is 2.92 bits per heavy atom. The normalized spacial score (nSPS) is 18.0. The van der Waals surface area contributed by atoms with E-state index in [0.717, 1.165) is 40.3 Å². The van der Waals surface area contributed by atoms with Crippen molar-refractivity contribution in [2.75, 3.05) is 19.6 Å². The van der Waals surface area contributed by atoms with Gasteiger partial charge in [-0.05, 0) is 60.4 Å². The third kappa shape index (κ3) is 5.02. The maximum atomic E-state index is 12.3. The van der Waals surface area contributed by atoms with E-state index in [2.05, 4.69) is 31.2 Å². The van der Waals surface area contributed by atoms with Gasteiger partial charge >= 0.3 is 0 Å². The van der Waals surface area contributed by atoms with Gasteiger partial charge in [0.05, 0.1) is 20.9 Å². The fraction of sp³-hybridized carbons (Fsp3) is 0.500. The minimum atomic E-state index is -0.0688. The Kier molecular flexibility index (Phi) is 6.61. The summed E-state index contributed by atoms with van der Waals surface area (Å²) in [5.74, 6) is -0.0252. The third-order valence-corrected chi connectivity index (χ3v) is 6.27. The summed E-state index contributed by atoms with van der Waals surface area (Å²) in [6.45, 7) is 4.85. The number of hydrogen-bond donors (Lipinski definition) is 1. The number of likely N-dealkylation sites (tertiary alicyclic amines) is 1. The second kappa shape index (κ2) is 8.92. The van der Waals surface area contributed by atoms with Gasteiger partial charge in [0.2, 0.25) is 0 Å². The number of carbonyl (C=O) groups excluding carboxylic acids is 1. The molecule has 2 aromatic heterocycles. The first kappa shape index (κ1) is 19.3. The third-order valence-electron chi connectivity index (χ3n) is 4.64. The quantitative estimate of drug-likeness (QED) is 0.752. The second-order valence-corrected chi connectivity index (χ2v) is 9.00. The number of thiophene rings is 1. The number of nitrogens with one attached hydrogen (secondary N) is 1. The fourth-order valence-electron chi connectivity index (χ4n) is 3.25. The minimum absolute atomic E-state index is 0.0252. The highest BCUT2D eigenvalue weighted by atomic mass is 79.9.